The van der Waals surface area contributed by atoms with Crippen LogP contribution in [0, 0.1) is 0 Å². The van der Waals surface area contributed by atoms with E-state index in [0.717, 1.165) is 34.7 Å². The van der Waals surface area contributed by atoms with Crippen molar-refractivity contribution in [2.45, 2.75) is 18.2 Å². The van der Waals surface area contributed by atoms with E-state index in [4.69, 9.17) is 10.5 Å². The highest BCUT2D eigenvalue weighted by Crippen LogP contribution is 2.23. The van der Waals surface area contributed by atoms with Crippen molar-refractivity contribution in [2.24, 2.45) is 5.73 Å². The Morgan fingerprint density at radius 2 is 1.87 bits per heavy atom. The molecule has 0 radical (unpaired) electrons. The Bertz CT molecular complexity index is 739. The quantitative estimate of drug-likeness (QED) is 0.648. The van der Waals surface area contributed by atoms with Crippen LogP contribution in [0.2, 0.25) is 0 Å². The van der Waals surface area contributed by atoms with Crippen LogP contribution in [0.3, 0.4) is 0 Å². The van der Waals surface area contributed by atoms with E-state index in [9.17, 15) is 0 Å². The molecule has 0 bridgehead atoms. The number of hydrogen-bond acceptors (Lipinski definition) is 7. The molecule has 0 amide bonds. The van der Waals surface area contributed by atoms with Gasteiger partial charge in [-0.1, -0.05) is 11.8 Å². The third-order valence-corrected chi connectivity index (χ3v) is 4.17. The number of nitrogens with zero attached hydrogens (tertiary/aromatic N) is 6. The predicted molar refractivity (Wildman–Crippen MR) is 86.5 cm³/mol. The zero-order chi connectivity index (χ0) is 16.1. The van der Waals surface area contributed by atoms with Gasteiger partial charge in [0.15, 0.2) is 11.0 Å². The van der Waals surface area contributed by atoms with Crippen molar-refractivity contribution in [3.63, 3.8) is 0 Å². The predicted octanol–water partition coefficient (Wildman–Crippen LogP) is 1.12. The Morgan fingerprint density at radius 1 is 1.13 bits per heavy atom. The van der Waals surface area contributed by atoms with Crippen molar-refractivity contribution < 1.29 is 4.74 Å². The molecule has 3 rings (SSSR count). The Balaban J connectivity index is 1.78. The van der Waals surface area contributed by atoms with Gasteiger partial charge >= 0.3 is 0 Å². The van der Waals surface area contributed by atoms with E-state index in [1.54, 1.807) is 31.5 Å². The highest BCUT2D eigenvalue weighted by molar-refractivity contribution is 7.99. The summed E-state index contributed by atoms with van der Waals surface area (Å²) in [6, 6.07) is 7.73. The van der Waals surface area contributed by atoms with Crippen LogP contribution in [0.1, 0.15) is 5.82 Å². The molecule has 120 valence electrons. The highest BCUT2D eigenvalue weighted by Gasteiger charge is 2.13. The summed E-state index contributed by atoms with van der Waals surface area (Å²) in [7, 11) is 1.64. The van der Waals surface area contributed by atoms with Gasteiger partial charge in [-0.05, 0) is 24.3 Å². The maximum atomic E-state index is 5.79. The smallest absolute Gasteiger partial charge is 0.195 e. The number of thioether (sulfide) groups is 1. The summed E-state index contributed by atoms with van der Waals surface area (Å²) in [4.78, 5) is 0. The van der Waals surface area contributed by atoms with E-state index in [1.165, 1.54) is 0 Å². The van der Waals surface area contributed by atoms with Gasteiger partial charge in [0.1, 0.15) is 18.4 Å². The van der Waals surface area contributed by atoms with Gasteiger partial charge in [0, 0.05) is 18.0 Å². The Morgan fingerprint density at radius 3 is 2.52 bits per heavy atom. The zero-order valence-corrected chi connectivity index (χ0v) is 13.5. The van der Waals surface area contributed by atoms with E-state index >= 15 is 0 Å². The van der Waals surface area contributed by atoms with Gasteiger partial charge < -0.3 is 15.0 Å². The topological polar surface area (TPSA) is 96.7 Å². The first-order chi connectivity index (χ1) is 11.3. The normalized spacial score (nSPS) is 10.9. The number of hydrogen-bond donors (Lipinski definition) is 1. The fraction of sp³-hybridized carbons (Fsp3) is 0.286. The molecular formula is C14H17N7OS. The number of nitrogens with two attached hydrogens (primary N) is 1. The first kappa shape index (κ1) is 15.5. The first-order valence-electron chi connectivity index (χ1n) is 7.06. The lowest BCUT2D eigenvalue weighted by Crippen LogP contribution is -2.08. The Kier molecular flexibility index (Phi) is 4.89. The van der Waals surface area contributed by atoms with Gasteiger partial charge in [-0.2, -0.15) is 0 Å². The van der Waals surface area contributed by atoms with Crippen molar-refractivity contribution in [1.82, 2.24) is 29.5 Å². The number of aryl methyl sites for hydroxylation is 1. The maximum Gasteiger partial charge on any atom is 0.195 e. The molecule has 0 atom stereocenters. The van der Waals surface area contributed by atoms with E-state index in [1.807, 2.05) is 33.4 Å². The number of aromatic nitrogens is 6. The molecule has 0 aliphatic heterocycles. The summed E-state index contributed by atoms with van der Waals surface area (Å²) in [6.45, 7) is 1.12. The molecule has 0 fully saturated rings. The van der Waals surface area contributed by atoms with Gasteiger partial charge in [0.2, 0.25) is 0 Å². The van der Waals surface area contributed by atoms with Crippen LogP contribution in [0.4, 0.5) is 0 Å². The van der Waals surface area contributed by atoms with Crippen LogP contribution in [-0.4, -0.2) is 42.4 Å². The molecule has 9 heteroatoms. The molecule has 8 nitrogen and oxygen atoms in total. The SMILES string of the molecule is COc1ccc(-n2c(CN)nnc2SCCn2cnnc2)cc1. The van der Waals surface area contributed by atoms with Crippen molar-refractivity contribution in [3.05, 3.63) is 42.7 Å². The second-order valence-corrected chi connectivity index (χ2v) is 5.75. The van der Waals surface area contributed by atoms with E-state index < -0.39 is 0 Å². The second-order valence-electron chi connectivity index (χ2n) is 4.68. The summed E-state index contributed by atoms with van der Waals surface area (Å²) in [5.41, 5.74) is 6.75. The first-order valence-corrected chi connectivity index (χ1v) is 8.04. The zero-order valence-electron chi connectivity index (χ0n) is 12.7. The molecule has 2 N–H and O–H groups in total. The molecule has 0 saturated heterocycles. The molecule has 0 aliphatic rings. The van der Waals surface area contributed by atoms with Gasteiger partial charge in [-0.3, -0.25) is 4.57 Å². The summed E-state index contributed by atoms with van der Waals surface area (Å²) < 4.78 is 9.08. The van der Waals surface area contributed by atoms with Crippen LogP contribution >= 0.6 is 11.8 Å². The second kappa shape index (κ2) is 7.25. The fourth-order valence-corrected chi connectivity index (χ4v) is 3.02. The lowest BCUT2D eigenvalue weighted by Gasteiger charge is -2.10. The van der Waals surface area contributed by atoms with Gasteiger partial charge in [-0.25, -0.2) is 0 Å². The molecule has 2 heterocycles. The molecule has 23 heavy (non-hydrogen) atoms. The third-order valence-electron chi connectivity index (χ3n) is 3.26. The van der Waals surface area contributed by atoms with Gasteiger partial charge in [0.05, 0.1) is 13.7 Å². The monoisotopic (exact) mass is 331 g/mol. The van der Waals surface area contributed by atoms with Crippen LogP contribution in [0.25, 0.3) is 5.69 Å². The van der Waals surface area contributed by atoms with Crippen molar-refractivity contribution in [3.8, 4) is 11.4 Å². The average Bonchev–Trinajstić information content (AvgIpc) is 3.24. The molecule has 1 aromatic carbocycles. The van der Waals surface area contributed by atoms with E-state index in [0.29, 0.717) is 6.54 Å². The van der Waals surface area contributed by atoms with Crippen molar-refractivity contribution in [1.29, 1.82) is 0 Å². The molecule has 0 spiro atoms. The Hall–Kier alpha value is -2.39. The van der Waals surface area contributed by atoms with Gasteiger partial charge in [0.25, 0.3) is 0 Å². The molecule has 0 saturated carbocycles. The molecule has 3 aromatic rings. The Labute approximate surface area is 137 Å². The van der Waals surface area contributed by atoms with Crippen LogP contribution in [0.5, 0.6) is 5.75 Å². The number of benzene rings is 1. The summed E-state index contributed by atoms with van der Waals surface area (Å²) in [5, 5.41) is 16.8. The van der Waals surface area contributed by atoms with Crippen LogP contribution < -0.4 is 10.5 Å². The molecule has 2 aromatic heterocycles. The fourth-order valence-electron chi connectivity index (χ4n) is 2.10. The minimum absolute atomic E-state index is 0.324. The van der Waals surface area contributed by atoms with Gasteiger partial charge in [-0.15, -0.1) is 20.4 Å². The number of ether oxygens (including phenoxy) is 1. The highest BCUT2D eigenvalue weighted by atomic mass is 32.2. The lowest BCUT2D eigenvalue weighted by atomic mass is 10.3. The molecular weight excluding hydrogens is 314 g/mol. The molecule has 0 unspecified atom stereocenters. The summed E-state index contributed by atoms with van der Waals surface area (Å²) in [6.07, 6.45) is 3.39. The summed E-state index contributed by atoms with van der Waals surface area (Å²) in [5.74, 6) is 2.36. The lowest BCUT2D eigenvalue weighted by molar-refractivity contribution is 0.414. The van der Waals surface area contributed by atoms with Crippen molar-refractivity contribution >= 4 is 11.8 Å². The third kappa shape index (κ3) is 3.51. The maximum absolute atomic E-state index is 5.79. The average molecular weight is 331 g/mol. The number of methoxy groups -OCH3 is 1. The van der Waals surface area contributed by atoms with Crippen molar-refractivity contribution in [2.75, 3.05) is 12.9 Å². The van der Waals surface area contributed by atoms with Crippen LogP contribution in [-0.2, 0) is 13.1 Å². The van der Waals surface area contributed by atoms with Crippen LogP contribution in [0.15, 0.2) is 42.1 Å². The largest absolute Gasteiger partial charge is 0.497 e. The summed E-state index contributed by atoms with van der Waals surface area (Å²) >= 11 is 1.61. The standard InChI is InChI=1S/C14H17N7OS/c1-22-12-4-2-11(3-5-12)21-13(8-15)18-19-14(21)23-7-6-20-9-16-17-10-20/h2-5,9-10H,6-8,15H2,1H3. The molecule has 0 aliphatic carbocycles. The van der Waals surface area contributed by atoms with E-state index in [-0.39, 0.29) is 0 Å². The minimum atomic E-state index is 0.324. The minimum Gasteiger partial charge on any atom is -0.497 e. The number of rotatable bonds is 7. The van der Waals surface area contributed by atoms with E-state index in [2.05, 4.69) is 20.4 Å².